The topological polar surface area (TPSA) is 57.0 Å². The SMILES string of the molecule is [C-]#[N+]C(CC(=O)OC(C)(C)C)C(=O)OC(C)(C)C. The van der Waals surface area contributed by atoms with Gasteiger partial charge in [0.2, 0.25) is 0 Å². The fourth-order valence-corrected chi connectivity index (χ4v) is 1.09. The summed E-state index contributed by atoms with van der Waals surface area (Å²) in [5.74, 6) is -1.27. The summed E-state index contributed by atoms with van der Waals surface area (Å²) in [6.45, 7) is 17.2. The van der Waals surface area contributed by atoms with Crippen molar-refractivity contribution in [2.45, 2.75) is 65.2 Å². The Morgan fingerprint density at radius 1 is 1.06 bits per heavy atom. The van der Waals surface area contributed by atoms with Gasteiger partial charge in [0, 0.05) is 0 Å². The number of esters is 2. The van der Waals surface area contributed by atoms with Gasteiger partial charge in [-0.15, -0.1) is 0 Å². The van der Waals surface area contributed by atoms with Crippen molar-refractivity contribution in [1.29, 1.82) is 0 Å². The monoisotopic (exact) mass is 255 g/mol. The highest BCUT2D eigenvalue weighted by atomic mass is 16.6. The molecule has 102 valence electrons. The van der Waals surface area contributed by atoms with E-state index in [0.29, 0.717) is 0 Å². The van der Waals surface area contributed by atoms with Crippen LogP contribution in [0.3, 0.4) is 0 Å². The van der Waals surface area contributed by atoms with Crippen LogP contribution in [0.25, 0.3) is 4.85 Å². The maximum atomic E-state index is 11.6. The number of carbonyl (C=O) groups excluding carboxylic acids is 2. The Labute approximate surface area is 108 Å². The van der Waals surface area contributed by atoms with Crippen molar-refractivity contribution in [2.24, 2.45) is 0 Å². The lowest BCUT2D eigenvalue weighted by atomic mass is 10.1. The van der Waals surface area contributed by atoms with Gasteiger partial charge in [-0.1, -0.05) is 0 Å². The molecule has 0 saturated carbocycles. The minimum Gasteiger partial charge on any atom is -0.460 e. The van der Waals surface area contributed by atoms with Crippen molar-refractivity contribution in [1.82, 2.24) is 0 Å². The molecular formula is C13H21NO4. The molecule has 0 aliphatic heterocycles. The molecule has 0 bridgehead atoms. The third-order valence-corrected chi connectivity index (χ3v) is 1.61. The molecule has 0 amide bonds. The Morgan fingerprint density at radius 3 is 1.83 bits per heavy atom. The molecule has 0 aliphatic rings. The summed E-state index contributed by atoms with van der Waals surface area (Å²) in [6.07, 6.45) is -0.282. The average molecular weight is 255 g/mol. The van der Waals surface area contributed by atoms with Gasteiger partial charge in [0.15, 0.2) is 0 Å². The molecule has 0 N–H and O–H groups in total. The number of nitrogens with zero attached hydrogens (tertiary/aromatic N) is 1. The number of hydrogen-bond donors (Lipinski definition) is 0. The number of carbonyl (C=O) groups is 2. The molecule has 0 saturated heterocycles. The molecule has 0 fully saturated rings. The van der Waals surface area contributed by atoms with Gasteiger partial charge < -0.3 is 14.3 Å². The molecule has 18 heavy (non-hydrogen) atoms. The Kier molecular flexibility index (Phi) is 5.34. The van der Waals surface area contributed by atoms with E-state index in [2.05, 4.69) is 4.85 Å². The van der Waals surface area contributed by atoms with Crippen LogP contribution in [0.1, 0.15) is 48.0 Å². The van der Waals surface area contributed by atoms with Crippen LogP contribution in [0.5, 0.6) is 0 Å². The quantitative estimate of drug-likeness (QED) is 0.573. The maximum absolute atomic E-state index is 11.6. The third-order valence-electron chi connectivity index (χ3n) is 1.61. The minimum absolute atomic E-state index is 0.282. The van der Waals surface area contributed by atoms with Gasteiger partial charge in [0.05, 0.1) is 0 Å². The highest BCUT2D eigenvalue weighted by Gasteiger charge is 2.33. The predicted octanol–water partition coefficient (Wildman–Crippen LogP) is 2.35. The van der Waals surface area contributed by atoms with Gasteiger partial charge in [0.1, 0.15) is 17.6 Å². The number of ether oxygens (including phenoxy) is 2. The fraction of sp³-hybridized carbons (Fsp3) is 0.769. The largest absolute Gasteiger partial charge is 0.460 e. The van der Waals surface area contributed by atoms with E-state index in [0.717, 1.165) is 0 Å². The lowest BCUT2D eigenvalue weighted by molar-refractivity contribution is -0.162. The molecule has 0 aromatic heterocycles. The first kappa shape index (κ1) is 16.4. The van der Waals surface area contributed by atoms with Gasteiger partial charge in [-0.3, -0.25) is 4.79 Å². The average Bonchev–Trinajstić information content (AvgIpc) is 2.07. The maximum Gasteiger partial charge on any atom is 0.391 e. The molecule has 0 rings (SSSR count). The first-order valence-corrected chi connectivity index (χ1v) is 5.76. The van der Waals surface area contributed by atoms with E-state index in [1.165, 1.54) is 0 Å². The van der Waals surface area contributed by atoms with E-state index in [-0.39, 0.29) is 6.42 Å². The number of rotatable bonds is 3. The fourth-order valence-electron chi connectivity index (χ4n) is 1.09. The molecule has 1 atom stereocenters. The highest BCUT2D eigenvalue weighted by molar-refractivity contribution is 5.84. The van der Waals surface area contributed by atoms with Crippen molar-refractivity contribution in [3.8, 4) is 0 Å². The summed E-state index contributed by atoms with van der Waals surface area (Å²) < 4.78 is 10.1. The second-order valence-electron chi connectivity index (χ2n) is 5.97. The molecule has 5 heteroatoms. The Balaban J connectivity index is 4.50. The van der Waals surface area contributed by atoms with Gasteiger partial charge in [0.25, 0.3) is 0 Å². The summed E-state index contributed by atoms with van der Waals surface area (Å²) in [5, 5.41) is 0. The first-order valence-electron chi connectivity index (χ1n) is 5.76. The van der Waals surface area contributed by atoms with Crippen molar-refractivity contribution >= 4 is 11.9 Å². The Hall–Kier alpha value is -1.57. The summed E-state index contributed by atoms with van der Waals surface area (Å²) in [4.78, 5) is 26.3. The van der Waals surface area contributed by atoms with Gasteiger partial charge >= 0.3 is 18.0 Å². The van der Waals surface area contributed by atoms with Crippen molar-refractivity contribution in [3.63, 3.8) is 0 Å². The second-order valence-corrected chi connectivity index (χ2v) is 5.97. The molecule has 0 aromatic rings. The molecule has 0 spiro atoms. The Morgan fingerprint density at radius 2 is 1.50 bits per heavy atom. The smallest absolute Gasteiger partial charge is 0.391 e. The van der Waals surface area contributed by atoms with Gasteiger partial charge in [-0.25, -0.2) is 11.4 Å². The molecule has 0 aliphatic carbocycles. The lowest BCUT2D eigenvalue weighted by Crippen LogP contribution is -2.33. The Bertz CT molecular complexity index is 355. The summed E-state index contributed by atoms with van der Waals surface area (Å²) in [7, 11) is 0. The molecule has 5 nitrogen and oxygen atoms in total. The molecule has 0 radical (unpaired) electrons. The van der Waals surface area contributed by atoms with Gasteiger partial charge in [-0.2, -0.15) is 0 Å². The zero-order valence-electron chi connectivity index (χ0n) is 11.9. The summed E-state index contributed by atoms with van der Waals surface area (Å²) in [5.41, 5.74) is -1.30. The van der Waals surface area contributed by atoms with E-state index in [9.17, 15) is 9.59 Å². The summed E-state index contributed by atoms with van der Waals surface area (Å²) >= 11 is 0. The zero-order valence-corrected chi connectivity index (χ0v) is 11.9. The van der Waals surface area contributed by atoms with Crippen LogP contribution in [0.4, 0.5) is 0 Å². The molecular weight excluding hydrogens is 234 g/mol. The standard InChI is InChI=1S/C13H21NO4/c1-12(2,3)17-10(15)8-9(14-7)11(16)18-13(4,5)6/h9H,8H2,1-6H3. The van der Waals surface area contributed by atoms with Crippen LogP contribution >= 0.6 is 0 Å². The van der Waals surface area contributed by atoms with Gasteiger partial charge in [-0.05, 0) is 41.5 Å². The van der Waals surface area contributed by atoms with E-state index >= 15 is 0 Å². The minimum atomic E-state index is -1.14. The van der Waals surface area contributed by atoms with Crippen LogP contribution in [0.2, 0.25) is 0 Å². The highest BCUT2D eigenvalue weighted by Crippen LogP contribution is 2.14. The van der Waals surface area contributed by atoms with E-state index in [1.807, 2.05) is 0 Å². The second kappa shape index (κ2) is 5.85. The zero-order chi connectivity index (χ0) is 14.6. The van der Waals surface area contributed by atoms with Crippen molar-refractivity contribution in [2.75, 3.05) is 0 Å². The number of hydrogen-bond acceptors (Lipinski definition) is 4. The predicted molar refractivity (Wildman–Crippen MR) is 66.7 cm³/mol. The van der Waals surface area contributed by atoms with E-state index in [1.54, 1.807) is 41.5 Å². The third kappa shape index (κ3) is 7.66. The first-order chi connectivity index (χ1) is 7.94. The van der Waals surface area contributed by atoms with E-state index in [4.69, 9.17) is 16.0 Å². The molecule has 0 heterocycles. The van der Waals surface area contributed by atoms with E-state index < -0.39 is 29.2 Å². The normalized spacial score (nSPS) is 13.4. The molecule has 0 aromatic carbocycles. The van der Waals surface area contributed by atoms with Crippen molar-refractivity contribution in [3.05, 3.63) is 11.4 Å². The van der Waals surface area contributed by atoms with Crippen LogP contribution in [0.15, 0.2) is 0 Å². The lowest BCUT2D eigenvalue weighted by Gasteiger charge is -2.21. The van der Waals surface area contributed by atoms with Crippen LogP contribution in [0, 0.1) is 6.57 Å². The van der Waals surface area contributed by atoms with Crippen molar-refractivity contribution < 1.29 is 19.1 Å². The van der Waals surface area contributed by atoms with Crippen LogP contribution in [-0.4, -0.2) is 29.2 Å². The van der Waals surface area contributed by atoms with Crippen LogP contribution < -0.4 is 0 Å². The molecule has 1 unspecified atom stereocenters. The van der Waals surface area contributed by atoms with Crippen LogP contribution in [-0.2, 0) is 19.1 Å². The summed E-state index contributed by atoms with van der Waals surface area (Å²) in [6, 6.07) is -1.14.